The van der Waals surface area contributed by atoms with E-state index < -0.39 is 10.0 Å². The van der Waals surface area contributed by atoms with Crippen molar-refractivity contribution in [1.29, 1.82) is 0 Å². The number of amides is 1. The largest absolute Gasteiger partial charge is 0.312 e. The van der Waals surface area contributed by atoms with Gasteiger partial charge in [0.1, 0.15) is 0 Å². The number of sulfonamides is 1. The summed E-state index contributed by atoms with van der Waals surface area (Å²) in [6.07, 6.45) is 3.36. The van der Waals surface area contributed by atoms with Gasteiger partial charge in [0, 0.05) is 24.2 Å². The van der Waals surface area contributed by atoms with Gasteiger partial charge in [-0.05, 0) is 60.9 Å². The third-order valence-electron chi connectivity index (χ3n) is 5.66. The summed E-state index contributed by atoms with van der Waals surface area (Å²) in [5.74, 6) is 0.692. The molecule has 1 atom stereocenters. The number of carbonyl (C=O) groups is 1. The highest BCUT2D eigenvalue weighted by molar-refractivity contribution is 7.89. The second kappa shape index (κ2) is 7.92. The van der Waals surface area contributed by atoms with E-state index in [0.29, 0.717) is 18.9 Å². The maximum Gasteiger partial charge on any atom is 0.241 e. The Labute approximate surface area is 173 Å². The standard InChI is InChI=1S/C23H28N2O3S/c1-16(2)14-21(17-6-4-3-5-7-17)24-29(27,28)20-10-11-22-19(15-20)12-13-25(22)23(26)18-8-9-18/h3-7,10-11,15-16,18,21,24H,8-9,12-14H2,1-2H3/t21-/m1/s1. The number of hydrogen-bond acceptors (Lipinski definition) is 3. The SMILES string of the molecule is CC(C)C[C@@H](NS(=O)(=O)c1ccc2c(c1)CCN2C(=O)C1CC1)c1ccccc1. The summed E-state index contributed by atoms with van der Waals surface area (Å²) in [6, 6.07) is 14.6. The summed E-state index contributed by atoms with van der Waals surface area (Å²) in [6.45, 7) is 4.82. The lowest BCUT2D eigenvalue weighted by molar-refractivity contribution is -0.119. The molecule has 2 aliphatic rings. The van der Waals surface area contributed by atoms with Gasteiger partial charge in [0.2, 0.25) is 15.9 Å². The Kier molecular flexibility index (Phi) is 5.49. The van der Waals surface area contributed by atoms with Crippen LogP contribution in [0, 0.1) is 11.8 Å². The van der Waals surface area contributed by atoms with E-state index in [2.05, 4.69) is 18.6 Å². The number of hydrogen-bond donors (Lipinski definition) is 1. The van der Waals surface area contributed by atoms with Gasteiger partial charge >= 0.3 is 0 Å². The predicted molar refractivity (Wildman–Crippen MR) is 114 cm³/mol. The molecule has 29 heavy (non-hydrogen) atoms. The summed E-state index contributed by atoms with van der Waals surface area (Å²) in [5, 5.41) is 0. The third kappa shape index (κ3) is 4.38. The van der Waals surface area contributed by atoms with Crippen molar-refractivity contribution >= 4 is 21.6 Å². The predicted octanol–water partition coefficient (Wildman–Crippen LogP) is 4.05. The van der Waals surface area contributed by atoms with E-state index in [1.165, 1.54) is 0 Å². The number of benzene rings is 2. The molecule has 1 aliphatic heterocycles. The zero-order chi connectivity index (χ0) is 20.6. The Morgan fingerprint density at radius 1 is 1.14 bits per heavy atom. The van der Waals surface area contributed by atoms with Crippen LogP contribution < -0.4 is 9.62 Å². The average molecular weight is 413 g/mol. The van der Waals surface area contributed by atoms with Crippen molar-refractivity contribution in [3.63, 3.8) is 0 Å². The van der Waals surface area contributed by atoms with Crippen molar-refractivity contribution in [1.82, 2.24) is 4.72 Å². The topological polar surface area (TPSA) is 66.5 Å². The van der Waals surface area contributed by atoms with Gasteiger partial charge in [0.05, 0.1) is 4.90 Å². The summed E-state index contributed by atoms with van der Waals surface area (Å²) in [5.41, 5.74) is 2.76. The Morgan fingerprint density at radius 3 is 2.52 bits per heavy atom. The van der Waals surface area contributed by atoms with E-state index in [9.17, 15) is 13.2 Å². The number of rotatable bonds is 7. The first-order valence-electron chi connectivity index (χ1n) is 10.4. The molecule has 2 aromatic carbocycles. The van der Waals surface area contributed by atoms with E-state index in [-0.39, 0.29) is 22.8 Å². The Bertz CT molecular complexity index is 998. The fourth-order valence-electron chi connectivity index (χ4n) is 3.99. The fraction of sp³-hybridized carbons (Fsp3) is 0.435. The molecule has 0 unspecified atom stereocenters. The van der Waals surface area contributed by atoms with Crippen LogP contribution >= 0.6 is 0 Å². The zero-order valence-corrected chi connectivity index (χ0v) is 17.8. The minimum absolute atomic E-state index is 0.161. The minimum atomic E-state index is -3.67. The molecule has 0 aromatic heterocycles. The van der Waals surface area contributed by atoms with Crippen LogP contribution in [0.1, 0.15) is 50.3 Å². The van der Waals surface area contributed by atoms with Gasteiger partial charge in [-0.15, -0.1) is 0 Å². The zero-order valence-electron chi connectivity index (χ0n) is 17.0. The van der Waals surface area contributed by atoms with Crippen molar-refractivity contribution in [2.75, 3.05) is 11.4 Å². The smallest absolute Gasteiger partial charge is 0.241 e. The molecule has 1 N–H and O–H groups in total. The van der Waals surface area contributed by atoms with Crippen molar-refractivity contribution in [3.8, 4) is 0 Å². The molecular formula is C23H28N2O3S. The average Bonchev–Trinajstić information content (AvgIpc) is 3.46. The summed E-state index contributed by atoms with van der Waals surface area (Å²) >= 11 is 0. The molecule has 1 heterocycles. The molecule has 0 spiro atoms. The van der Waals surface area contributed by atoms with E-state index in [0.717, 1.165) is 36.1 Å². The maximum atomic E-state index is 13.1. The number of fused-ring (bicyclic) bond motifs is 1. The van der Waals surface area contributed by atoms with Crippen LogP contribution in [-0.4, -0.2) is 20.9 Å². The van der Waals surface area contributed by atoms with Crippen LogP contribution in [0.15, 0.2) is 53.4 Å². The molecule has 6 heteroatoms. The van der Waals surface area contributed by atoms with Gasteiger partial charge in [-0.3, -0.25) is 4.79 Å². The molecule has 154 valence electrons. The Hall–Kier alpha value is -2.18. The minimum Gasteiger partial charge on any atom is -0.312 e. The Balaban J connectivity index is 1.57. The monoisotopic (exact) mass is 412 g/mol. The molecule has 4 rings (SSSR count). The fourth-order valence-corrected chi connectivity index (χ4v) is 5.28. The van der Waals surface area contributed by atoms with Gasteiger partial charge in [0.15, 0.2) is 0 Å². The molecule has 0 saturated heterocycles. The quantitative estimate of drug-likeness (QED) is 0.746. The highest BCUT2D eigenvalue weighted by atomic mass is 32.2. The number of carbonyl (C=O) groups excluding carboxylic acids is 1. The highest BCUT2D eigenvalue weighted by Crippen LogP contribution is 2.37. The third-order valence-corrected chi connectivity index (χ3v) is 7.13. The lowest BCUT2D eigenvalue weighted by Crippen LogP contribution is -2.30. The second-order valence-corrected chi connectivity index (χ2v) is 10.2. The van der Waals surface area contributed by atoms with Crippen LogP contribution in [0.4, 0.5) is 5.69 Å². The van der Waals surface area contributed by atoms with Crippen molar-refractivity contribution in [2.45, 2.75) is 50.5 Å². The van der Waals surface area contributed by atoms with Crippen LogP contribution in [0.25, 0.3) is 0 Å². The molecule has 5 nitrogen and oxygen atoms in total. The van der Waals surface area contributed by atoms with Crippen LogP contribution in [-0.2, 0) is 21.2 Å². The van der Waals surface area contributed by atoms with E-state index in [1.54, 1.807) is 18.2 Å². The van der Waals surface area contributed by atoms with E-state index in [4.69, 9.17) is 0 Å². The molecule has 2 aromatic rings. The first kappa shape index (κ1) is 20.1. The van der Waals surface area contributed by atoms with Gasteiger partial charge in [-0.1, -0.05) is 44.2 Å². The number of nitrogens with zero attached hydrogens (tertiary/aromatic N) is 1. The van der Waals surface area contributed by atoms with Crippen LogP contribution in [0.2, 0.25) is 0 Å². The summed E-state index contributed by atoms with van der Waals surface area (Å²) in [4.78, 5) is 14.5. The summed E-state index contributed by atoms with van der Waals surface area (Å²) < 4.78 is 29.2. The first-order valence-corrected chi connectivity index (χ1v) is 11.8. The number of nitrogens with one attached hydrogen (secondary N) is 1. The molecule has 1 fully saturated rings. The molecule has 0 radical (unpaired) electrons. The van der Waals surface area contributed by atoms with Crippen molar-refractivity contribution < 1.29 is 13.2 Å². The molecule has 1 saturated carbocycles. The first-order chi connectivity index (χ1) is 13.8. The van der Waals surface area contributed by atoms with E-state index in [1.807, 2.05) is 35.2 Å². The van der Waals surface area contributed by atoms with Crippen molar-refractivity contribution in [2.24, 2.45) is 11.8 Å². The summed E-state index contributed by atoms with van der Waals surface area (Å²) in [7, 11) is -3.67. The van der Waals surface area contributed by atoms with Gasteiger partial charge in [-0.25, -0.2) is 13.1 Å². The van der Waals surface area contributed by atoms with E-state index >= 15 is 0 Å². The van der Waals surface area contributed by atoms with Gasteiger partial charge in [0.25, 0.3) is 0 Å². The molecule has 1 aliphatic carbocycles. The molecule has 1 amide bonds. The highest BCUT2D eigenvalue weighted by Gasteiger charge is 2.36. The number of anilines is 1. The van der Waals surface area contributed by atoms with Crippen LogP contribution in [0.3, 0.4) is 0 Å². The molecule has 0 bridgehead atoms. The maximum absolute atomic E-state index is 13.1. The molecular weight excluding hydrogens is 384 g/mol. The second-order valence-electron chi connectivity index (χ2n) is 8.52. The van der Waals surface area contributed by atoms with Gasteiger partial charge in [-0.2, -0.15) is 0 Å². The Morgan fingerprint density at radius 2 is 1.86 bits per heavy atom. The van der Waals surface area contributed by atoms with Crippen molar-refractivity contribution in [3.05, 3.63) is 59.7 Å². The van der Waals surface area contributed by atoms with Crippen LogP contribution in [0.5, 0.6) is 0 Å². The normalized spacial score (nSPS) is 17.4. The van der Waals surface area contributed by atoms with Gasteiger partial charge < -0.3 is 4.90 Å². The lowest BCUT2D eigenvalue weighted by Gasteiger charge is -2.22. The lowest BCUT2D eigenvalue weighted by atomic mass is 9.98.